The Balaban J connectivity index is 1.46. The average Bonchev–Trinajstić information content (AvgIpc) is 3.61. The molecule has 1 aliphatic heterocycles. The molecule has 0 bridgehead atoms. The van der Waals surface area contributed by atoms with E-state index in [-0.39, 0.29) is 11.8 Å². The van der Waals surface area contributed by atoms with Crippen molar-refractivity contribution in [2.24, 2.45) is 0 Å². The molecule has 0 atom stereocenters. The number of anilines is 1. The van der Waals surface area contributed by atoms with Gasteiger partial charge >= 0.3 is 0 Å². The SMILES string of the molecule is Cc1ccc(-n2c3ccccc3c3cc(N4C(=O)C(c5c(C)sc(C)c5C)=C(c5c(C)sc(C)c5C)C4=O)ccc32)cc1. The summed E-state index contributed by atoms with van der Waals surface area (Å²) in [5, 5.41) is 2.08. The van der Waals surface area contributed by atoms with E-state index in [1.54, 1.807) is 22.7 Å². The van der Waals surface area contributed by atoms with Crippen LogP contribution in [0.25, 0.3) is 38.6 Å². The second-order valence-corrected chi connectivity index (χ2v) is 14.4. The van der Waals surface area contributed by atoms with Crippen LogP contribution in [-0.2, 0) is 9.59 Å². The first-order valence-corrected chi connectivity index (χ1v) is 16.1. The van der Waals surface area contributed by atoms with Crippen molar-refractivity contribution >= 4 is 73.1 Å². The van der Waals surface area contributed by atoms with Crippen LogP contribution < -0.4 is 4.90 Å². The van der Waals surface area contributed by atoms with Crippen LogP contribution in [0.1, 0.15) is 47.3 Å². The Kier molecular flexibility index (Phi) is 6.35. The lowest BCUT2D eigenvalue weighted by Crippen LogP contribution is -2.31. The summed E-state index contributed by atoms with van der Waals surface area (Å²) in [6.07, 6.45) is 0. The van der Waals surface area contributed by atoms with Gasteiger partial charge in [-0.05, 0) is 96.0 Å². The molecule has 3 aromatic carbocycles. The number of aryl methyl sites for hydroxylation is 5. The number of carbonyl (C=O) groups is 2. The lowest BCUT2D eigenvalue weighted by Gasteiger charge is -2.16. The monoisotopic (exact) mass is 600 g/mol. The summed E-state index contributed by atoms with van der Waals surface area (Å²) in [4.78, 5) is 35.0. The van der Waals surface area contributed by atoms with Crippen LogP contribution in [0.4, 0.5) is 5.69 Å². The molecule has 7 rings (SSSR count). The van der Waals surface area contributed by atoms with Crippen molar-refractivity contribution in [3.63, 3.8) is 0 Å². The van der Waals surface area contributed by atoms with Crippen LogP contribution in [0.2, 0.25) is 0 Å². The second kappa shape index (κ2) is 9.90. The Morgan fingerprint density at radius 2 is 1.05 bits per heavy atom. The highest BCUT2D eigenvalue weighted by Crippen LogP contribution is 2.46. The Labute approximate surface area is 259 Å². The number of rotatable bonds is 4. The first kappa shape index (κ1) is 27.6. The van der Waals surface area contributed by atoms with E-state index in [1.807, 2.05) is 30.3 Å². The molecular weight excluding hydrogens is 569 g/mol. The third-order valence-electron chi connectivity index (χ3n) is 8.91. The summed E-state index contributed by atoms with van der Waals surface area (Å²) in [7, 11) is 0. The van der Waals surface area contributed by atoms with E-state index in [2.05, 4.69) is 89.4 Å². The highest BCUT2D eigenvalue weighted by molar-refractivity contribution is 7.12. The van der Waals surface area contributed by atoms with Gasteiger partial charge in [-0.25, -0.2) is 4.90 Å². The normalized spacial score (nSPS) is 13.9. The van der Waals surface area contributed by atoms with Crippen LogP contribution in [-0.4, -0.2) is 16.4 Å². The van der Waals surface area contributed by atoms with Crippen molar-refractivity contribution in [2.45, 2.75) is 48.5 Å². The lowest BCUT2D eigenvalue weighted by atomic mass is 9.92. The number of nitrogens with zero attached hydrogens (tertiary/aromatic N) is 2. The fraction of sp³-hybridized carbons (Fsp3) is 0.189. The topological polar surface area (TPSA) is 42.3 Å². The lowest BCUT2D eigenvalue weighted by molar-refractivity contribution is -0.119. The molecule has 0 fully saturated rings. The molecule has 1 aliphatic rings. The predicted octanol–water partition coefficient (Wildman–Crippen LogP) is 9.55. The van der Waals surface area contributed by atoms with Crippen molar-refractivity contribution in [3.8, 4) is 5.69 Å². The van der Waals surface area contributed by atoms with Crippen LogP contribution >= 0.6 is 22.7 Å². The number of thiophene rings is 2. The zero-order valence-corrected chi connectivity index (χ0v) is 27.0. The molecule has 6 heteroatoms. The molecular formula is C37H32N2O2S2. The standard InChI is InChI=1S/C37H32N2O2S2/c1-19-12-14-26(15-13-19)38-30-11-9-8-10-28(30)29-18-27(16-17-31(29)38)39-36(40)34(32-20(2)22(4)42-24(32)6)35(37(39)41)33-21(3)23(5)43-25(33)7/h8-18H,1-7H3. The third-order valence-corrected chi connectivity index (χ3v) is 11.2. The molecule has 0 aliphatic carbocycles. The van der Waals surface area contributed by atoms with Gasteiger partial charge in [0, 0.05) is 47.1 Å². The Morgan fingerprint density at radius 1 is 0.535 bits per heavy atom. The molecule has 214 valence electrons. The maximum absolute atomic E-state index is 14.6. The van der Waals surface area contributed by atoms with E-state index < -0.39 is 0 Å². The van der Waals surface area contributed by atoms with Crippen molar-refractivity contribution in [1.82, 2.24) is 4.57 Å². The second-order valence-electron chi connectivity index (χ2n) is 11.5. The van der Waals surface area contributed by atoms with Crippen molar-refractivity contribution in [3.05, 3.63) is 114 Å². The van der Waals surface area contributed by atoms with Crippen LogP contribution in [0.3, 0.4) is 0 Å². The molecule has 0 saturated heterocycles. The van der Waals surface area contributed by atoms with Crippen molar-refractivity contribution < 1.29 is 9.59 Å². The maximum atomic E-state index is 14.6. The molecule has 43 heavy (non-hydrogen) atoms. The number of fused-ring (bicyclic) bond motifs is 3. The molecule has 0 radical (unpaired) electrons. The Bertz CT molecular complexity index is 2110. The summed E-state index contributed by atoms with van der Waals surface area (Å²) < 4.78 is 2.25. The summed E-state index contributed by atoms with van der Waals surface area (Å²) in [6.45, 7) is 14.5. The van der Waals surface area contributed by atoms with Gasteiger partial charge < -0.3 is 4.57 Å². The quantitative estimate of drug-likeness (QED) is 0.189. The molecule has 0 spiro atoms. The highest BCUT2D eigenvalue weighted by atomic mass is 32.1. The predicted molar refractivity (Wildman–Crippen MR) is 182 cm³/mol. The number of amides is 2. The van der Waals surface area contributed by atoms with Crippen molar-refractivity contribution in [2.75, 3.05) is 4.90 Å². The van der Waals surface area contributed by atoms with Gasteiger partial charge in [-0.2, -0.15) is 0 Å². The molecule has 0 unspecified atom stereocenters. The van der Waals surface area contributed by atoms with E-state index in [9.17, 15) is 9.59 Å². The number of benzene rings is 3. The van der Waals surface area contributed by atoms with E-state index in [4.69, 9.17) is 0 Å². The minimum absolute atomic E-state index is 0.256. The molecule has 2 amide bonds. The number of aromatic nitrogens is 1. The van der Waals surface area contributed by atoms with Gasteiger partial charge in [-0.1, -0.05) is 35.9 Å². The molecule has 0 N–H and O–H groups in total. The van der Waals surface area contributed by atoms with Gasteiger partial charge in [0.1, 0.15) is 0 Å². The van der Waals surface area contributed by atoms with Gasteiger partial charge in [0.2, 0.25) is 0 Å². The highest BCUT2D eigenvalue weighted by Gasteiger charge is 2.43. The van der Waals surface area contributed by atoms with Crippen LogP contribution in [0, 0.1) is 48.5 Å². The van der Waals surface area contributed by atoms with E-state index in [0.29, 0.717) is 16.8 Å². The molecule has 4 heterocycles. The molecule has 3 aromatic heterocycles. The zero-order chi connectivity index (χ0) is 30.3. The van der Waals surface area contributed by atoms with E-state index >= 15 is 0 Å². The molecule has 0 saturated carbocycles. The summed E-state index contributed by atoms with van der Waals surface area (Å²) in [5.74, 6) is -0.512. The first-order valence-electron chi connectivity index (χ1n) is 14.5. The number of hydrogen-bond donors (Lipinski definition) is 0. The van der Waals surface area contributed by atoms with E-state index in [1.165, 1.54) is 20.2 Å². The number of para-hydroxylation sites is 1. The van der Waals surface area contributed by atoms with Crippen molar-refractivity contribution in [1.29, 1.82) is 0 Å². The van der Waals surface area contributed by atoms with Gasteiger partial charge in [0.25, 0.3) is 11.8 Å². The molecule has 4 nitrogen and oxygen atoms in total. The van der Waals surface area contributed by atoms with Gasteiger partial charge in [0.15, 0.2) is 0 Å². The third kappa shape index (κ3) is 4.00. The summed E-state index contributed by atoms with van der Waals surface area (Å²) in [5.41, 5.74) is 9.96. The summed E-state index contributed by atoms with van der Waals surface area (Å²) >= 11 is 3.36. The minimum Gasteiger partial charge on any atom is -0.309 e. The van der Waals surface area contributed by atoms with Gasteiger partial charge in [-0.15, -0.1) is 22.7 Å². The van der Waals surface area contributed by atoms with Gasteiger partial charge in [-0.3, -0.25) is 9.59 Å². The van der Waals surface area contributed by atoms with Crippen LogP contribution in [0.15, 0.2) is 66.7 Å². The molecule has 6 aromatic rings. The van der Waals surface area contributed by atoms with Crippen LogP contribution in [0.5, 0.6) is 0 Å². The van der Waals surface area contributed by atoms with E-state index in [0.717, 1.165) is 59.5 Å². The average molecular weight is 601 g/mol. The first-order chi connectivity index (χ1) is 20.6. The number of carbonyl (C=O) groups excluding carboxylic acids is 2. The summed E-state index contributed by atoms with van der Waals surface area (Å²) in [6, 6.07) is 22.8. The number of hydrogen-bond acceptors (Lipinski definition) is 4. The largest absolute Gasteiger partial charge is 0.309 e. The maximum Gasteiger partial charge on any atom is 0.266 e. The van der Waals surface area contributed by atoms with Gasteiger partial charge in [0.05, 0.1) is 27.9 Å². The minimum atomic E-state index is -0.256. The fourth-order valence-electron chi connectivity index (χ4n) is 6.62. The number of imide groups is 1. The zero-order valence-electron chi connectivity index (χ0n) is 25.4. The Hall–Kier alpha value is -4.26. The fourth-order valence-corrected chi connectivity index (χ4v) is 8.77. The smallest absolute Gasteiger partial charge is 0.266 e. The Morgan fingerprint density at radius 3 is 1.58 bits per heavy atom.